The molecular weight excluding hydrogens is 218 g/mol. The first-order chi connectivity index (χ1) is 7.83. The largest absolute Gasteiger partial charge is 0.347 e. The quantitative estimate of drug-likeness (QED) is 0.812. The van der Waals surface area contributed by atoms with Crippen LogP contribution in [-0.4, -0.2) is 24.1 Å². The fraction of sp³-hybridized carbons (Fsp3) is 0.417. The lowest BCUT2D eigenvalue weighted by Gasteiger charge is -2.17. The zero-order chi connectivity index (χ0) is 10.7. The Morgan fingerprint density at radius 3 is 2.75 bits per heavy atom. The molecule has 2 unspecified atom stereocenters. The normalized spacial score (nSPS) is 32.1. The average molecular weight is 231 g/mol. The Balaban J connectivity index is 1.68. The van der Waals surface area contributed by atoms with Gasteiger partial charge < -0.3 is 10.6 Å². The number of hydrogen-bond acceptors (Lipinski definition) is 4. The number of nitrogens with two attached hydrogens (primary N) is 1. The van der Waals surface area contributed by atoms with Crippen molar-refractivity contribution in [3.8, 4) is 0 Å². The molecular formula is C12H13N3S. The van der Waals surface area contributed by atoms with Crippen LogP contribution in [0.5, 0.6) is 0 Å². The third-order valence-electron chi connectivity index (χ3n) is 3.81. The maximum Gasteiger partial charge on any atom is 0.186 e. The third-order valence-corrected chi connectivity index (χ3v) is 4.91. The molecule has 2 heterocycles. The highest BCUT2D eigenvalue weighted by Crippen LogP contribution is 2.46. The van der Waals surface area contributed by atoms with Gasteiger partial charge in [0.05, 0.1) is 10.2 Å². The number of thiazole rings is 1. The average Bonchev–Trinajstić information content (AvgIpc) is 2.80. The minimum atomic E-state index is 0.464. The topological polar surface area (TPSA) is 42.1 Å². The summed E-state index contributed by atoms with van der Waals surface area (Å²) in [6, 6.07) is 8.80. The monoisotopic (exact) mass is 231 g/mol. The first-order valence-corrected chi connectivity index (χ1v) is 6.51. The lowest BCUT2D eigenvalue weighted by molar-refractivity contribution is 0.742. The van der Waals surface area contributed by atoms with Gasteiger partial charge in [-0.05, 0) is 24.0 Å². The van der Waals surface area contributed by atoms with Crippen molar-refractivity contribution in [1.29, 1.82) is 0 Å². The van der Waals surface area contributed by atoms with Gasteiger partial charge in [0.25, 0.3) is 0 Å². The number of rotatable bonds is 1. The summed E-state index contributed by atoms with van der Waals surface area (Å²) in [6.07, 6.45) is 0. The molecule has 0 spiro atoms. The van der Waals surface area contributed by atoms with Crippen LogP contribution in [0.25, 0.3) is 10.2 Å². The van der Waals surface area contributed by atoms with Crippen molar-refractivity contribution in [1.82, 2.24) is 4.98 Å². The van der Waals surface area contributed by atoms with Crippen LogP contribution in [0.3, 0.4) is 0 Å². The zero-order valence-corrected chi connectivity index (χ0v) is 9.65. The van der Waals surface area contributed by atoms with Crippen LogP contribution in [0.15, 0.2) is 24.3 Å². The highest BCUT2D eigenvalue weighted by Gasteiger charge is 2.54. The van der Waals surface area contributed by atoms with E-state index >= 15 is 0 Å². The Morgan fingerprint density at radius 2 is 2.00 bits per heavy atom. The zero-order valence-electron chi connectivity index (χ0n) is 8.84. The standard InChI is InChI=1S/C12H13N3S/c13-11-7-5-15(6-8(7)11)12-14-9-3-1-2-4-10(9)16-12/h1-4,7-8,11H,5-6,13H2. The van der Waals surface area contributed by atoms with Gasteiger partial charge in [-0.2, -0.15) is 0 Å². The van der Waals surface area contributed by atoms with E-state index in [2.05, 4.69) is 28.1 Å². The van der Waals surface area contributed by atoms with Crippen LogP contribution >= 0.6 is 11.3 Å². The third kappa shape index (κ3) is 1.14. The number of anilines is 1. The van der Waals surface area contributed by atoms with Gasteiger partial charge >= 0.3 is 0 Å². The predicted molar refractivity (Wildman–Crippen MR) is 66.8 cm³/mol. The summed E-state index contributed by atoms with van der Waals surface area (Å²) in [6.45, 7) is 2.21. The second-order valence-electron chi connectivity index (χ2n) is 4.77. The molecule has 1 aromatic carbocycles. The summed E-state index contributed by atoms with van der Waals surface area (Å²) < 4.78 is 1.28. The summed E-state index contributed by atoms with van der Waals surface area (Å²) in [4.78, 5) is 7.07. The molecule has 1 saturated carbocycles. The molecule has 2 aliphatic rings. The van der Waals surface area contributed by atoms with Gasteiger partial charge in [-0.1, -0.05) is 23.5 Å². The molecule has 2 aromatic rings. The van der Waals surface area contributed by atoms with Crippen LogP contribution in [-0.2, 0) is 0 Å². The van der Waals surface area contributed by atoms with E-state index in [0.717, 1.165) is 30.4 Å². The molecule has 1 aromatic heterocycles. The Kier molecular flexibility index (Phi) is 1.66. The summed E-state index contributed by atoms with van der Waals surface area (Å²) in [5.41, 5.74) is 7.06. The number of fused-ring (bicyclic) bond motifs is 2. The van der Waals surface area contributed by atoms with E-state index in [-0.39, 0.29) is 0 Å². The van der Waals surface area contributed by atoms with Crippen molar-refractivity contribution in [2.24, 2.45) is 17.6 Å². The number of benzene rings is 1. The van der Waals surface area contributed by atoms with Crippen molar-refractivity contribution in [2.75, 3.05) is 18.0 Å². The van der Waals surface area contributed by atoms with E-state index in [9.17, 15) is 0 Å². The van der Waals surface area contributed by atoms with E-state index in [0.29, 0.717) is 6.04 Å². The number of piperidine rings is 1. The first kappa shape index (κ1) is 8.96. The van der Waals surface area contributed by atoms with Crippen LogP contribution in [0.2, 0.25) is 0 Å². The predicted octanol–water partition coefficient (Wildman–Crippen LogP) is 1.69. The van der Waals surface area contributed by atoms with Crippen molar-refractivity contribution in [3.05, 3.63) is 24.3 Å². The molecule has 82 valence electrons. The van der Waals surface area contributed by atoms with Gasteiger partial charge in [-0.25, -0.2) is 4.98 Å². The summed E-state index contributed by atoms with van der Waals surface area (Å²) in [5, 5.41) is 1.17. The molecule has 4 heteroatoms. The number of hydrogen-bond donors (Lipinski definition) is 1. The van der Waals surface area contributed by atoms with Gasteiger partial charge in [0.1, 0.15) is 0 Å². The Hall–Kier alpha value is -1.13. The van der Waals surface area contributed by atoms with Crippen molar-refractivity contribution in [3.63, 3.8) is 0 Å². The van der Waals surface area contributed by atoms with Gasteiger partial charge in [-0.3, -0.25) is 0 Å². The molecule has 0 amide bonds. The van der Waals surface area contributed by atoms with Gasteiger partial charge in [0, 0.05) is 19.1 Å². The van der Waals surface area contributed by atoms with Crippen molar-refractivity contribution < 1.29 is 0 Å². The summed E-state index contributed by atoms with van der Waals surface area (Å²) in [7, 11) is 0. The molecule has 2 atom stereocenters. The second-order valence-corrected chi connectivity index (χ2v) is 5.78. The summed E-state index contributed by atoms with van der Waals surface area (Å²) in [5.74, 6) is 1.46. The van der Waals surface area contributed by atoms with E-state index in [4.69, 9.17) is 5.73 Å². The van der Waals surface area contributed by atoms with Crippen LogP contribution in [0, 0.1) is 11.8 Å². The minimum absolute atomic E-state index is 0.464. The lowest BCUT2D eigenvalue weighted by atomic mass is 10.3. The fourth-order valence-electron chi connectivity index (χ4n) is 2.72. The molecule has 4 rings (SSSR count). The molecule has 1 saturated heterocycles. The van der Waals surface area contributed by atoms with Crippen LogP contribution in [0.4, 0.5) is 5.13 Å². The molecule has 0 radical (unpaired) electrons. The van der Waals surface area contributed by atoms with Gasteiger partial charge in [-0.15, -0.1) is 0 Å². The number of nitrogens with zero attached hydrogens (tertiary/aromatic N) is 2. The Morgan fingerprint density at radius 1 is 1.25 bits per heavy atom. The molecule has 16 heavy (non-hydrogen) atoms. The van der Waals surface area contributed by atoms with Crippen molar-refractivity contribution >= 4 is 26.7 Å². The van der Waals surface area contributed by atoms with Gasteiger partial charge in [0.2, 0.25) is 0 Å². The second kappa shape index (κ2) is 2.96. The Labute approximate surface area is 97.9 Å². The molecule has 3 nitrogen and oxygen atoms in total. The molecule has 1 aliphatic heterocycles. The molecule has 0 bridgehead atoms. The Bertz CT molecular complexity index is 505. The van der Waals surface area contributed by atoms with E-state index in [1.165, 1.54) is 9.83 Å². The highest BCUT2D eigenvalue weighted by atomic mass is 32.1. The smallest absolute Gasteiger partial charge is 0.186 e. The van der Waals surface area contributed by atoms with Crippen LogP contribution in [0.1, 0.15) is 0 Å². The highest BCUT2D eigenvalue weighted by molar-refractivity contribution is 7.22. The first-order valence-electron chi connectivity index (χ1n) is 5.69. The maximum atomic E-state index is 5.94. The molecule has 2 N–H and O–H groups in total. The van der Waals surface area contributed by atoms with E-state index < -0.39 is 0 Å². The number of aromatic nitrogens is 1. The van der Waals surface area contributed by atoms with Gasteiger partial charge in [0.15, 0.2) is 5.13 Å². The van der Waals surface area contributed by atoms with Crippen LogP contribution < -0.4 is 10.6 Å². The molecule has 1 aliphatic carbocycles. The summed E-state index contributed by atoms with van der Waals surface area (Å²) >= 11 is 1.79. The minimum Gasteiger partial charge on any atom is -0.347 e. The van der Waals surface area contributed by atoms with E-state index in [1.807, 2.05) is 6.07 Å². The van der Waals surface area contributed by atoms with E-state index in [1.54, 1.807) is 11.3 Å². The lowest BCUT2D eigenvalue weighted by Crippen LogP contribution is -2.27. The SMILES string of the molecule is NC1C2CN(c3nc4ccccc4s3)CC12. The maximum absolute atomic E-state index is 5.94. The number of para-hydroxylation sites is 1. The fourth-order valence-corrected chi connectivity index (χ4v) is 3.71. The van der Waals surface area contributed by atoms with Crippen molar-refractivity contribution in [2.45, 2.75) is 6.04 Å². The molecule has 2 fully saturated rings.